The number of ether oxygens (including phenoxy) is 1. The fraction of sp³-hybridized carbons (Fsp3) is 0.857. The smallest absolute Gasteiger partial charge is 0.223 e. The summed E-state index contributed by atoms with van der Waals surface area (Å²) in [5, 5.41) is 2.91. The molecule has 3 heteroatoms. The molecule has 1 aliphatic carbocycles. The highest BCUT2D eigenvalue weighted by molar-refractivity contribution is 5.81. The normalized spacial score (nSPS) is 25.6. The molecule has 0 unspecified atom stereocenters. The molecule has 0 aromatic heterocycles. The molecule has 0 aromatic rings. The molecule has 2 rings (SSSR count). The van der Waals surface area contributed by atoms with Crippen molar-refractivity contribution in [1.82, 2.24) is 5.32 Å². The lowest BCUT2D eigenvalue weighted by molar-refractivity contribution is -0.126. The van der Waals surface area contributed by atoms with E-state index in [1.54, 1.807) is 0 Å². The fourth-order valence-electron chi connectivity index (χ4n) is 0.984. The van der Waals surface area contributed by atoms with Crippen LogP contribution in [-0.2, 0) is 9.53 Å². The summed E-state index contributed by atoms with van der Waals surface area (Å²) < 4.78 is 4.92. The first kappa shape index (κ1) is 6.16. The predicted octanol–water partition coefficient (Wildman–Crippen LogP) is -0.0886. The Hall–Kier alpha value is -0.570. The zero-order valence-electron chi connectivity index (χ0n) is 5.80. The lowest BCUT2D eigenvalue weighted by atomic mass is 10.2. The van der Waals surface area contributed by atoms with Crippen LogP contribution in [0.25, 0.3) is 0 Å². The van der Waals surface area contributed by atoms with Gasteiger partial charge in [-0.25, -0.2) is 0 Å². The van der Waals surface area contributed by atoms with Gasteiger partial charge in [-0.05, 0) is 12.8 Å². The third kappa shape index (κ3) is 1.14. The van der Waals surface area contributed by atoms with Crippen molar-refractivity contribution in [1.29, 1.82) is 0 Å². The van der Waals surface area contributed by atoms with Gasteiger partial charge in [-0.15, -0.1) is 0 Å². The Morgan fingerprint density at radius 1 is 1.40 bits per heavy atom. The topological polar surface area (TPSA) is 38.3 Å². The number of carbonyl (C=O) groups excluding carboxylic acids is 1. The van der Waals surface area contributed by atoms with Crippen molar-refractivity contribution in [3.8, 4) is 0 Å². The molecule has 1 aliphatic heterocycles. The lowest BCUT2D eigenvalue weighted by Crippen LogP contribution is -2.49. The van der Waals surface area contributed by atoms with E-state index >= 15 is 0 Å². The van der Waals surface area contributed by atoms with Crippen molar-refractivity contribution >= 4 is 5.91 Å². The summed E-state index contributed by atoms with van der Waals surface area (Å²) in [5.74, 6) is 0.564. The Morgan fingerprint density at radius 2 is 2.10 bits per heavy atom. The number of rotatable bonds is 2. The van der Waals surface area contributed by atoms with Gasteiger partial charge in [0.25, 0.3) is 0 Å². The second-order valence-corrected chi connectivity index (χ2v) is 3.02. The van der Waals surface area contributed by atoms with Crippen LogP contribution in [-0.4, -0.2) is 25.2 Å². The van der Waals surface area contributed by atoms with Crippen LogP contribution in [0.3, 0.4) is 0 Å². The van der Waals surface area contributed by atoms with Gasteiger partial charge in [0.15, 0.2) is 0 Å². The molecule has 0 atom stereocenters. The van der Waals surface area contributed by atoms with E-state index in [1.165, 1.54) is 0 Å². The minimum Gasteiger partial charge on any atom is -0.377 e. The quantitative estimate of drug-likeness (QED) is 0.583. The molecule has 1 saturated heterocycles. The summed E-state index contributed by atoms with van der Waals surface area (Å²) >= 11 is 0. The predicted molar refractivity (Wildman–Crippen MR) is 35.5 cm³/mol. The minimum absolute atomic E-state index is 0.230. The van der Waals surface area contributed by atoms with Crippen molar-refractivity contribution in [2.24, 2.45) is 5.92 Å². The summed E-state index contributed by atoms with van der Waals surface area (Å²) in [7, 11) is 0. The van der Waals surface area contributed by atoms with Crippen LogP contribution in [0.5, 0.6) is 0 Å². The molecule has 0 spiro atoms. The summed E-state index contributed by atoms with van der Waals surface area (Å²) in [6.45, 7) is 1.41. The Morgan fingerprint density at radius 3 is 2.50 bits per heavy atom. The van der Waals surface area contributed by atoms with E-state index in [9.17, 15) is 4.79 Å². The lowest BCUT2D eigenvalue weighted by Gasteiger charge is -2.26. The van der Waals surface area contributed by atoms with Crippen molar-refractivity contribution < 1.29 is 9.53 Å². The summed E-state index contributed by atoms with van der Waals surface area (Å²) in [6.07, 6.45) is 2.17. The van der Waals surface area contributed by atoms with Crippen molar-refractivity contribution in [3.05, 3.63) is 0 Å². The molecule has 56 valence electrons. The molecule has 1 heterocycles. The largest absolute Gasteiger partial charge is 0.377 e. The maximum absolute atomic E-state index is 11.0. The van der Waals surface area contributed by atoms with Crippen LogP contribution < -0.4 is 5.32 Å². The average Bonchev–Trinajstić information content (AvgIpc) is 2.58. The molecule has 3 nitrogen and oxygen atoms in total. The van der Waals surface area contributed by atoms with E-state index in [0.717, 1.165) is 12.8 Å². The zero-order valence-corrected chi connectivity index (χ0v) is 5.80. The van der Waals surface area contributed by atoms with Gasteiger partial charge in [-0.3, -0.25) is 4.79 Å². The number of carbonyl (C=O) groups is 1. The molecule has 2 fully saturated rings. The summed E-state index contributed by atoms with van der Waals surface area (Å²) in [6, 6.07) is 0.313. The maximum Gasteiger partial charge on any atom is 0.223 e. The Labute approximate surface area is 59.7 Å². The first-order valence-electron chi connectivity index (χ1n) is 3.74. The summed E-state index contributed by atoms with van der Waals surface area (Å²) in [4.78, 5) is 11.0. The van der Waals surface area contributed by atoms with Crippen molar-refractivity contribution in [2.45, 2.75) is 18.9 Å². The van der Waals surface area contributed by atoms with E-state index in [4.69, 9.17) is 4.74 Å². The van der Waals surface area contributed by atoms with E-state index in [1.807, 2.05) is 0 Å². The highest BCUT2D eigenvalue weighted by Crippen LogP contribution is 2.29. The molecular weight excluding hydrogens is 130 g/mol. The molecule has 1 N–H and O–H groups in total. The second kappa shape index (κ2) is 2.23. The molecule has 2 aliphatic rings. The van der Waals surface area contributed by atoms with Gasteiger partial charge in [0.2, 0.25) is 5.91 Å². The van der Waals surface area contributed by atoms with Gasteiger partial charge in [0, 0.05) is 5.92 Å². The highest BCUT2D eigenvalue weighted by atomic mass is 16.5. The summed E-state index contributed by atoms with van der Waals surface area (Å²) in [5.41, 5.74) is 0. The van der Waals surface area contributed by atoms with E-state index in [-0.39, 0.29) is 5.91 Å². The molecule has 10 heavy (non-hydrogen) atoms. The monoisotopic (exact) mass is 141 g/mol. The number of nitrogens with one attached hydrogen (secondary N) is 1. The SMILES string of the molecule is O=C(NC1COC1)C1CC1. The third-order valence-corrected chi connectivity index (χ3v) is 1.93. The van der Waals surface area contributed by atoms with Crippen LogP contribution >= 0.6 is 0 Å². The molecule has 0 radical (unpaired) electrons. The highest BCUT2D eigenvalue weighted by Gasteiger charge is 2.32. The van der Waals surface area contributed by atoms with Gasteiger partial charge in [-0.1, -0.05) is 0 Å². The van der Waals surface area contributed by atoms with E-state index < -0.39 is 0 Å². The molecular formula is C7H11NO2. The van der Waals surface area contributed by atoms with Gasteiger partial charge in [-0.2, -0.15) is 0 Å². The average molecular weight is 141 g/mol. The van der Waals surface area contributed by atoms with E-state index in [2.05, 4.69) is 5.32 Å². The van der Waals surface area contributed by atoms with Crippen LogP contribution in [0.15, 0.2) is 0 Å². The number of amides is 1. The van der Waals surface area contributed by atoms with Crippen molar-refractivity contribution in [3.63, 3.8) is 0 Å². The molecule has 0 aromatic carbocycles. The Kier molecular flexibility index (Phi) is 1.38. The molecule has 1 amide bonds. The first-order chi connectivity index (χ1) is 4.86. The second-order valence-electron chi connectivity index (χ2n) is 3.02. The number of hydrogen-bond donors (Lipinski definition) is 1. The van der Waals surface area contributed by atoms with E-state index in [0.29, 0.717) is 25.2 Å². The fourth-order valence-corrected chi connectivity index (χ4v) is 0.984. The molecule has 0 bridgehead atoms. The minimum atomic E-state index is 0.230. The van der Waals surface area contributed by atoms with Gasteiger partial charge >= 0.3 is 0 Å². The van der Waals surface area contributed by atoms with Crippen LogP contribution in [0.4, 0.5) is 0 Å². The standard InChI is InChI=1S/C7H11NO2/c9-7(5-1-2-5)8-6-3-10-4-6/h5-6H,1-4H2,(H,8,9). The third-order valence-electron chi connectivity index (χ3n) is 1.93. The van der Waals surface area contributed by atoms with Crippen LogP contribution in [0.2, 0.25) is 0 Å². The first-order valence-corrected chi connectivity index (χ1v) is 3.74. The zero-order chi connectivity index (χ0) is 6.97. The Balaban J connectivity index is 1.72. The van der Waals surface area contributed by atoms with Gasteiger partial charge < -0.3 is 10.1 Å². The Bertz CT molecular complexity index is 150. The maximum atomic E-state index is 11.0. The van der Waals surface area contributed by atoms with Crippen LogP contribution in [0.1, 0.15) is 12.8 Å². The molecule has 1 saturated carbocycles. The number of hydrogen-bond acceptors (Lipinski definition) is 2. The van der Waals surface area contributed by atoms with Crippen LogP contribution in [0, 0.1) is 5.92 Å². The van der Waals surface area contributed by atoms with Crippen molar-refractivity contribution in [2.75, 3.05) is 13.2 Å². The van der Waals surface area contributed by atoms with Gasteiger partial charge in [0.1, 0.15) is 0 Å². The van der Waals surface area contributed by atoms with Gasteiger partial charge in [0.05, 0.1) is 19.3 Å².